The van der Waals surface area contributed by atoms with Crippen molar-refractivity contribution in [3.8, 4) is 0 Å². The molecule has 0 saturated heterocycles. The van der Waals surface area contributed by atoms with Gasteiger partial charge in [0.15, 0.2) is 9.84 Å². The summed E-state index contributed by atoms with van der Waals surface area (Å²) in [4.78, 5) is 16.3. The SMILES string of the molecule is O=C(CCn1c(CO)nc2ccccc21)NC1C=CS(=O)(=O)C1. The maximum absolute atomic E-state index is 12.0. The maximum Gasteiger partial charge on any atom is 0.222 e. The molecule has 1 unspecified atom stereocenters. The van der Waals surface area contributed by atoms with Crippen molar-refractivity contribution in [2.24, 2.45) is 0 Å². The van der Waals surface area contributed by atoms with Crippen molar-refractivity contribution in [2.45, 2.75) is 25.6 Å². The Hall–Kier alpha value is -2.19. The van der Waals surface area contributed by atoms with Gasteiger partial charge in [0.05, 0.1) is 22.8 Å². The van der Waals surface area contributed by atoms with Crippen LogP contribution in [0.1, 0.15) is 12.2 Å². The molecule has 2 N–H and O–H groups in total. The van der Waals surface area contributed by atoms with Crippen LogP contribution in [0.15, 0.2) is 35.7 Å². The van der Waals surface area contributed by atoms with Crippen molar-refractivity contribution in [3.63, 3.8) is 0 Å². The van der Waals surface area contributed by atoms with E-state index in [-0.39, 0.29) is 24.7 Å². The molecule has 7 nitrogen and oxygen atoms in total. The topological polar surface area (TPSA) is 101 Å². The summed E-state index contributed by atoms with van der Waals surface area (Å²) < 4.78 is 24.4. The number of para-hydroxylation sites is 2. The number of aliphatic hydroxyl groups excluding tert-OH is 1. The summed E-state index contributed by atoms with van der Waals surface area (Å²) >= 11 is 0. The molecule has 2 aromatic rings. The molecule has 1 aromatic heterocycles. The average Bonchev–Trinajstić information content (AvgIpc) is 3.04. The highest BCUT2D eigenvalue weighted by atomic mass is 32.2. The van der Waals surface area contributed by atoms with E-state index in [9.17, 15) is 18.3 Å². The Balaban J connectivity index is 1.66. The van der Waals surface area contributed by atoms with Crippen LogP contribution in [0.3, 0.4) is 0 Å². The summed E-state index contributed by atoms with van der Waals surface area (Å²) in [5, 5.41) is 13.2. The Kier molecular flexibility index (Phi) is 4.18. The zero-order valence-corrected chi connectivity index (χ0v) is 13.2. The molecule has 1 amide bonds. The van der Waals surface area contributed by atoms with Crippen LogP contribution in [0.25, 0.3) is 11.0 Å². The molecule has 0 aliphatic carbocycles. The van der Waals surface area contributed by atoms with E-state index < -0.39 is 15.9 Å². The number of benzene rings is 1. The standard InChI is InChI=1S/C15H17N3O4S/c19-9-14-17-12-3-1-2-4-13(12)18(14)7-5-15(20)16-11-6-8-23(21,22)10-11/h1-4,6,8,11,19H,5,7,9-10H2,(H,16,20). The van der Waals surface area contributed by atoms with E-state index in [0.717, 1.165) is 16.4 Å². The molecular weight excluding hydrogens is 318 g/mol. The Morgan fingerprint density at radius 2 is 2.17 bits per heavy atom. The number of imidazole rings is 1. The highest BCUT2D eigenvalue weighted by Crippen LogP contribution is 2.16. The van der Waals surface area contributed by atoms with E-state index in [0.29, 0.717) is 12.4 Å². The van der Waals surface area contributed by atoms with Crippen molar-refractivity contribution in [1.29, 1.82) is 0 Å². The van der Waals surface area contributed by atoms with Crippen LogP contribution in [0, 0.1) is 0 Å². The number of carbonyl (C=O) groups is 1. The lowest BCUT2D eigenvalue weighted by Gasteiger charge is -2.11. The molecule has 0 fully saturated rings. The third-order valence-electron chi connectivity index (χ3n) is 3.71. The number of fused-ring (bicyclic) bond motifs is 1. The Bertz CT molecular complexity index is 870. The number of carbonyl (C=O) groups excluding carboxylic acids is 1. The molecule has 8 heteroatoms. The van der Waals surface area contributed by atoms with Crippen LogP contribution in [-0.4, -0.2) is 40.8 Å². The summed E-state index contributed by atoms with van der Waals surface area (Å²) in [7, 11) is -3.18. The van der Waals surface area contributed by atoms with E-state index >= 15 is 0 Å². The molecule has 0 radical (unpaired) electrons. The van der Waals surface area contributed by atoms with Crippen LogP contribution >= 0.6 is 0 Å². The van der Waals surface area contributed by atoms with Crippen LogP contribution in [-0.2, 0) is 27.8 Å². The molecule has 23 heavy (non-hydrogen) atoms. The molecule has 0 spiro atoms. The number of amides is 1. The summed E-state index contributed by atoms with van der Waals surface area (Å²) in [5.41, 5.74) is 1.62. The summed E-state index contributed by atoms with van der Waals surface area (Å²) in [6.07, 6.45) is 1.66. The van der Waals surface area contributed by atoms with Crippen LogP contribution in [0.2, 0.25) is 0 Å². The van der Waals surface area contributed by atoms with E-state index in [2.05, 4.69) is 10.3 Å². The smallest absolute Gasteiger partial charge is 0.222 e. The molecular formula is C15H17N3O4S. The lowest BCUT2D eigenvalue weighted by atomic mass is 10.3. The summed E-state index contributed by atoms with van der Waals surface area (Å²) in [5.74, 6) is 0.176. The predicted octanol–water partition coefficient (Wildman–Crippen LogP) is 0.346. The molecule has 122 valence electrons. The zero-order valence-electron chi connectivity index (χ0n) is 12.3. The lowest BCUT2D eigenvalue weighted by Crippen LogP contribution is -2.35. The van der Waals surface area contributed by atoms with Crippen molar-refractivity contribution in [2.75, 3.05) is 5.75 Å². The summed E-state index contributed by atoms with van der Waals surface area (Å²) in [6.45, 7) is 0.158. The van der Waals surface area contributed by atoms with Gasteiger partial charge in [0.2, 0.25) is 5.91 Å². The molecule has 1 atom stereocenters. The van der Waals surface area contributed by atoms with Gasteiger partial charge in [-0.15, -0.1) is 0 Å². The largest absolute Gasteiger partial charge is 0.388 e. The fraction of sp³-hybridized carbons (Fsp3) is 0.333. The minimum Gasteiger partial charge on any atom is -0.388 e. The van der Waals surface area contributed by atoms with Gasteiger partial charge in [0.25, 0.3) is 0 Å². The van der Waals surface area contributed by atoms with Gasteiger partial charge in [0, 0.05) is 18.4 Å². The minimum absolute atomic E-state index is 0.0887. The number of nitrogens with zero attached hydrogens (tertiary/aromatic N) is 2. The first-order chi connectivity index (χ1) is 11.0. The number of sulfone groups is 1. The third-order valence-corrected chi connectivity index (χ3v) is 5.11. The van der Waals surface area contributed by atoms with Crippen LogP contribution < -0.4 is 5.32 Å². The fourth-order valence-electron chi connectivity index (χ4n) is 2.65. The van der Waals surface area contributed by atoms with Gasteiger partial charge in [-0.3, -0.25) is 4.79 Å². The predicted molar refractivity (Wildman–Crippen MR) is 85.1 cm³/mol. The molecule has 3 rings (SSSR count). The highest BCUT2D eigenvalue weighted by Gasteiger charge is 2.23. The first kappa shape index (κ1) is 15.7. The van der Waals surface area contributed by atoms with E-state index in [1.54, 1.807) is 4.57 Å². The van der Waals surface area contributed by atoms with Crippen LogP contribution in [0.5, 0.6) is 0 Å². The van der Waals surface area contributed by atoms with Crippen molar-refractivity contribution in [3.05, 3.63) is 41.6 Å². The van der Waals surface area contributed by atoms with Crippen molar-refractivity contribution < 1.29 is 18.3 Å². The molecule has 1 aliphatic rings. The van der Waals surface area contributed by atoms with Crippen molar-refractivity contribution in [1.82, 2.24) is 14.9 Å². The summed E-state index contributed by atoms with van der Waals surface area (Å²) in [6, 6.07) is 6.99. The van der Waals surface area contributed by atoms with Crippen molar-refractivity contribution >= 4 is 26.8 Å². The number of rotatable bonds is 5. The Labute approximate surface area is 133 Å². The average molecular weight is 335 g/mol. The Morgan fingerprint density at radius 1 is 1.39 bits per heavy atom. The number of aliphatic hydroxyl groups is 1. The number of hydrogen-bond acceptors (Lipinski definition) is 5. The first-order valence-electron chi connectivity index (χ1n) is 7.24. The second-order valence-electron chi connectivity index (χ2n) is 5.41. The van der Waals surface area contributed by atoms with Crippen LogP contribution in [0.4, 0.5) is 0 Å². The molecule has 0 bridgehead atoms. The molecule has 1 aliphatic heterocycles. The lowest BCUT2D eigenvalue weighted by molar-refractivity contribution is -0.121. The fourth-order valence-corrected chi connectivity index (χ4v) is 3.89. The van der Waals surface area contributed by atoms with E-state index in [1.807, 2.05) is 24.3 Å². The highest BCUT2D eigenvalue weighted by molar-refractivity contribution is 7.94. The Morgan fingerprint density at radius 3 is 2.87 bits per heavy atom. The third kappa shape index (κ3) is 3.43. The quantitative estimate of drug-likeness (QED) is 0.821. The van der Waals surface area contributed by atoms with Gasteiger partial charge in [0.1, 0.15) is 12.4 Å². The second kappa shape index (κ2) is 6.13. The monoisotopic (exact) mass is 335 g/mol. The van der Waals surface area contributed by atoms with Gasteiger partial charge < -0.3 is 15.0 Å². The maximum atomic E-state index is 12.0. The number of aromatic nitrogens is 2. The number of aryl methyl sites for hydroxylation is 1. The van der Waals surface area contributed by atoms with Gasteiger partial charge in [-0.25, -0.2) is 13.4 Å². The van der Waals surface area contributed by atoms with E-state index in [1.165, 1.54) is 6.08 Å². The molecule has 1 aromatic carbocycles. The minimum atomic E-state index is -3.18. The van der Waals surface area contributed by atoms with E-state index in [4.69, 9.17) is 0 Å². The normalized spacial score (nSPS) is 19.3. The van der Waals surface area contributed by atoms with Gasteiger partial charge in [-0.1, -0.05) is 12.1 Å². The second-order valence-corrected chi connectivity index (χ2v) is 7.34. The zero-order chi connectivity index (χ0) is 16.4. The van der Waals surface area contributed by atoms with Gasteiger partial charge in [-0.2, -0.15) is 0 Å². The van der Waals surface area contributed by atoms with Gasteiger partial charge in [-0.05, 0) is 18.2 Å². The first-order valence-corrected chi connectivity index (χ1v) is 8.95. The number of nitrogens with one attached hydrogen (secondary N) is 1. The van der Waals surface area contributed by atoms with Gasteiger partial charge >= 0.3 is 0 Å². The number of hydrogen-bond donors (Lipinski definition) is 2. The molecule has 2 heterocycles. The molecule has 0 saturated carbocycles.